The third-order valence-electron chi connectivity index (χ3n) is 1.90. The van der Waals surface area contributed by atoms with Gasteiger partial charge in [0.2, 0.25) is 5.30 Å². The molecular weight excluding hydrogens is 256 g/mol. The summed E-state index contributed by atoms with van der Waals surface area (Å²) in [5.41, 5.74) is 1.90. The fourth-order valence-electron chi connectivity index (χ4n) is 1.13. The maximum atomic E-state index is 10.8. The fourth-order valence-corrected chi connectivity index (χ4v) is 1.70. The Hall–Kier alpha value is -0.0400. The molecule has 8 heteroatoms. The van der Waals surface area contributed by atoms with Crippen LogP contribution in [-0.2, 0) is 4.57 Å². The Kier molecular flexibility index (Phi) is 16.8. The second-order valence-electron chi connectivity index (χ2n) is 3.14. The van der Waals surface area contributed by atoms with E-state index < -0.39 is 8.03 Å². The minimum absolute atomic E-state index is 0. The first kappa shape index (κ1) is 25.7. The second-order valence-corrected chi connectivity index (χ2v) is 4.17. The molecule has 1 rings (SSSR count). The van der Waals surface area contributed by atoms with E-state index in [9.17, 15) is 4.57 Å². The Morgan fingerprint density at radius 1 is 1.18 bits per heavy atom. The van der Waals surface area contributed by atoms with E-state index in [2.05, 4.69) is 0 Å². The van der Waals surface area contributed by atoms with Crippen molar-refractivity contribution in [2.24, 2.45) is 0 Å². The number of aryl methyl sites for hydroxylation is 1. The number of hydrogen-bond acceptors (Lipinski definition) is 2. The average Bonchev–Trinajstić information content (AvgIpc) is 2.03. The smallest absolute Gasteiger partial charge is 0.412 e. The summed E-state index contributed by atoms with van der Waals surface area (Å²) in [5.74, 6) is 0. The van der Waals surface area contributed by atoms with Crippen molar-refractivity contribution in [2.45, 2.75) is 6.92 Å². The molecular formula is C9H19NNaO5P+. The summed E-state index contributed by atoms with van der Waals surface area (Å²) in [4.78, 5) is 10.9. The number of nitrogens with zero attached hydrogens (tertiary/aromatic N) is 1. The van der Waals surface area contributed by atoms with Crippen LogP contribution in [-0.4, -0.2) is 65.0 Å². The molecule has 0 spiro atoms. The molecule has 1 aromatic carbocycles. The van der Waals surface area contributed by atoms with Crippen molar-refractivity contribution in [2.75, 3.05) is 19.0 Å². The maximum Gasteiger partial charge on any atom is 0.546 e. The molecule has 1 aromatic rings. The minimum atomic E-state index is -2.22. The van der Waals surface area contributed by atoms with Gasteiger partial charge in [0, 0.05) is 54.9 Å². The van der Waals surface area contributed by atoms with Gasteiger partial charge in [0.15, 0.2) is 0 Å². The van der Waals surface area contributed by atoms with Gasteiger partial charge < -0.3 is 21.3 Å². The number of hydrogen-bond donors (Lipinski definition) is 1. The molecule has 7 N–H and O–H groups in total. The SMILES string of the molecule is Cc1cc(N(C)C)ccc1[P+](=O)O.O.O.O.[Na]. The molecule has 95 valence electrons. The first-order valence-corrected chi connectivity index (χ1v) is 5.17. The van der Waals surface area contributed by atoms with Crippen molar-refractivity contribution < 1.29 is 25.9 Å². The molecule has 0 heterocycles. The molecule has 0 fully saturated rings. The topological polar surface area (TPSA) is 135 Å². The molecule has 0 saturated carbocycles. The zero-order valence-electron chi connectivity index (χ0n) is 10.5. The largest absolute Gasteiger partial charge is 0.546 e. The van der Waals surface area contributed by atoms with Gasteiger partial charge in [0.25, 0.3) is 0 Å². The molecule has 0 aliphatic heterocycles. The van der Waals surface area contributed by atoms with Gasteiger partial charge in [0.05, 0.1) is 0 Å². The van der Waals surface area contributed by atoms with Crippen LogP contribution in [0.1, 0.15) is 5.56 Å². The summed E-state index contributed by atoms with van der Waals surface area (Å²) in [5, 5.41) is 0.514. The van der Waals surface area contributed by atoms with Crippen molar-refractivity contribution in [3.63, 3.8) is 0 Å². The van der Waals surface area contributed by atoms with Gasteiger partial charge in [-0.25, -0.2) is 0 Å². The molecule has 1 radical (unpaired) electrons. The van der Waals surface area contributed by atoms with Gasteiger partial charge in [-0.1, -0.05) is 0 Å². The number of benzene rings is 1. The van der Waals surface area contributed by atoms with Crippen LogP contribution in [0.25, 0.3) is 0 Å². The van der Waals surface area contributed by atoms with Crippen LogP contribution in [0.2, 0.25) is 0 Å². The van der Waals surface area contributed by atoms with Gasteiger partial charge in [-0.15, -0.1) is 0 Å². The van der Waals surface area contributed by atoms with E-state index in [0.29, 0.717) is 5.30 Å². The van der Waals surface area contributed by atoms with E-state index in [1.165, 1.54) is 0 Å². The van der Waals surface area contributed by atoms with Crippen molar-refractivity contribution in [3.05, 3.63) is 23.8 Å². The Morgan fingerprint density at radius 2 is 1.65 bits per heavy atom. The van der Waals surface area contributed by atoms with Gasteiger partial charge in [-0.2, -0.15) is 4.89 Å². The third kappa shape index (κ3) is 7.08. The van der Waals surface area contributed by atoms with Crippen LogP contribution in [0, 0.1) is 6.92 Å². The molecule has 0 amide bonds. The van der Waals surface area contributed by atoms with E-state index in [4.69, 9.17) is 4.89 Å². The summed E-state index contributed by atoms with van der Waals surface area (Å²) in [6.07, 6.45) is 0. The molecule has 17 heavy (non-hydrogen) atoms. The second kappa shape index (κ2) is 11.1. The zero-order chi connectivity index (χ0) is 10.0. The van der Waals surface area contributed by atoms with E-state index in [1.54, 1.807) is 6.07 Å². The van der Waals surface area contributed by atoms with Gasteiger partial charge in [0.1, 0.15) is 0 Å². The van der Waals surface area contributed by atoms with E-state index in [0.717, 1.165) is 11.3 Å². The van der Waals surface area contributed by atoms with Crippen molar-refractivity contribution >= 4 is 48.6 Å². The van der Waals surface area contributed by atoms with Crippen LogP contribution in [0.3, 0.4) is 0 Å². The van der Waals surface area contributed by atoms with Crippen LogP contribution in [0.5, 0.6) is 0 Å². The van der Waals surface area contributed by atoms with Crippen molar-refractivity contribution in [1.29, 1.82) is 0 Å². The number of rotatable bonds is 2. The molecule has 1 unspecified atom stereocenters. The molecule has 6 nitrogen and oxygen atoms in total. The summed E-state index contributed by atoms with van der Waals surface area (Å²) < 4.78 is 10.8. The minimum Gasteiger partial charge on any atom is -0.412 e. The van der Waals surface area contributed by atoms with Gasteiger partial charge in [-0.05, 0) is 29.7 Å². The van der Waals surface area contributed by atoms with E-state index in [1.807, 2.05) is 38.1 Å². The summed E-state index contributed by atoms with van der Waals surface area (Å²) in [6.45, 7) is 1.84. The van der Waals surface area contributed by atoms with Crippen LogP contribution < -0.4 is 10.2 Å². The predicted octanol–water partition coefficient (Wildman–Crippen LogP) is -1.43. The Balaban J connectivity index is -0.000000211. The first-order valence-electron chi connectivity index (χ1n) is 3.96. The Labute approximate surface area is 124 Å². The summed E-state index contributed by atoms with van der Waals surface area (Å²) >= 11 is 0. The molecule has 0 aromatic heterocycles. The van der Waals surface area contributed by atoms with Crippen molar-refractivity contribution in [3.8, 4) is 0 Å². The van der Waals surface area contributed by atoms with Crippen molar-refractivity contribution in [1.82, 2.24) is 0 Å². The quantitative estimate of drug-likeness (QED) is 0.523. The maximum absolute atomic E-state index is 10.8. The molecule has 0 aliphatic carbocycles. The number of anilines is 1. The first-order chi connectivity index (χ1) is 6.02. The molecule has 0 bridgehead atoms. The monoisotopic (exact) mass is 275 g/mol. The fraction of sp³-hybridized carbons (Fsp3) is 0.333. The summed E-state index contributed by atoms with van der Waals surface area (Å²) in [6, 6.07) is 5.44. The standard InChI is InChI=1S/C9H12NO2P.Na.3H2O/c1-7-6-8(10(2)3)4-5-9(7)13(11)12;;;;/h4-6H,1-3H3;;3*1H2/p+1. The molecule has 1 atom stereocenters. The Bertz CT molecular complexity index is 348. The third-order valence-corrected chi connectivity index (χ3v) is 2.82. The predicted molar refractivity (Wildman–Crippen MR) is 71.6 cm³/mol. The van der Waals surface area contributed by atoms with E-state index >= 15 is 0 Å². The van der Waals surface area contributed by atoms with Gasteiger partial charge >= 0.3 is 8.03 Å². The Morgan fingerprint density at radius 3 is 1.94 bits per heavy atom. The van der Waals surface area contributed by atoms with E-state index in [-0.39, 0.29) is 46.0 Å². The average molecular weight is 275 g/mol. The normalized spacial score (nSPS) is 8.59. The molecule has 0 aliphatic rings. The molecule has 0 saturated heterocycles. The van der Waals surface area contributed by atoms with Crippen LogP contribution in [0.15, 0.2) is 18.2 Å². The van der Waals surface area contributed by atoms with Gasteiger partial charge in [-0.3, -0.25) is 0 Å². The van der Waals surface area contributed by atoms with Crippen LogP contribution >= 0.6 is 8.03 Å². The summed E-state index contributed by atoms with van der Waals surface area (Å²) in [7, 11) is 1.66. The van der Waals surface area contributed by atoms with Crippen LogP contribution in [0.4, 0.5) is 5.69 Å². The zero-order valence-corrected chi connectivity index (χ0v) is 13.4.